The Morgan fingerprint density at radius 3 is 1.38 bits per heavy atom. The van der Waals surface area contributed by atoms with Crippen molar-refractivity contribution in [2.45, 2.75) is 63.6 Å². The third kappa shape index (κ3) is 2.93. The molecule has 0 spiro atoms. The molecule has 0 aliphatic heterocycles. The average Bonchev–Trinajstić information content (AvgIpc) is 2.75. The molecular weight excluding hydrogens is 168 g/mol. The minimum Gasteiger partial charge on any atom is -0.203 e. The fraction of sp³-hybridized carbons (Fsp3) is 1.00. The quantitative estimate of drug-likeness (QED) is 0.499. The molecule has 13 heavy (non-hydrogen) atoms. The van der Waals surface area contributed by atoms with Gasteiger partial charge >= 0.3 is 0 Å². The molecule has 0 aromatic rings. The van der Waals surface area contributed by atoms with Crippen molar-refractivity contribution in [1.82, 2.24) is 0 Å². The molecule has 3 nitrogen and oxygen atoms in total. The van der Waals surface area contributed by atoms with Crippen LogP contribution in [0.4, 0.5) is 0 Å². The van der Waals surface area contributed by atoms with Crippen molar-refractivity contribution in [3.63, 3.8) is 0 Å². The van der Waals surface area contributed by atoms with E-state index in [9.17, 15) is 0 Å². The second-order valence-electron chi connectivity index (χ2n) is 4.07. The van der Waals surface area contributed by atoms with Crippen molar-refractivity contribution in [3.8, 4) is 0 Å². The summed E-state index contributed by atoms with van der Waals surface area (Å²) >= 11 is 0. The van der Waals surface area contributed by atoms with Crippen LogP contribution in [0, 0.1) is 0 Å². The minimum absolute atomic E-state index is 0.279. The first kappa shape index (κ1) is 9.44. The Balaban J connectivity index is 1.52. The highest BCUT2D eigenvalue weighted by Gasteiger charge is 2.20. The fourth-order valence-electron chi connectivity index (χ4n) is 2.10. The standard InChI is InChI=1S/C10H18O3/c1-2-6-9(5-1)11-13-12-10-7-3-4-8-10/h9-10H,1-8H2. The molecule has 0 aromatic heterocycles. The predicted molar refractivity (Wildman–Crippen MR) is 47.8 cm³/mol. The average molecular weight is 186 g/mol. The van der Waals surface area contributed by atoms with Crippen LogP contribution >= 0.6 is 0 Å². The summed E-state index contributed by atoms with van der Waals surface area (Å²) in [5.41, 5.74) is 0. The Hall–Kier alpha value is -0.120. The number of hydrogen-bond donors (Lipinski definition) is 0. The van der Waals surface area contributed by atoms with E-state index in [1.165, 1.54) is 25.7 Å². The van der Waals surface area contributed by atoms with Gasteiger partial charge in [0.05, 0.1) is 12.2 Å². The van der Waals surface area contributed by atoms with Gasteiger partial charge in [-0.1, -0.05) is 30.7 Å². The molecule has 0 unspecified atom stereocenters. The molecule has 0 radical (unpaired) electrons. The zero-order valence-electron chi connectivity index (χ0n) is 8.04. The van der Waals surface area contributed by atoms with Crippen LogP contribution in [-0.4, -0.2) is 12.2 Å². The minimum atomic E-state index is 0.279. The van der Waals surface area contributed by atoms with Gasteiger partial charge in [0, 0.05) is 0 Å². The lowest BCUT2D eigenvalue weighted by molar-refractivity contribution is -0.538. The molecule has 2 fully saturated rings. The van der Waals surface area contributed by atoms with Crippen LogP contribution in [0.15, 0.2) is 0 Å². The third-order valence-electron chi connectivity index (χ3n) is 2.96. The van der Waals surface area contributed by atoms with Crippen LogP contribution in [0.25, 0.3) is 0 Å². The monoisotopic (exact) mass is 186 g/mol. The summed E-state index contributed by atoms with van der Waals surface area (Å²) in [6, 6.07) is 0. The summed E-state index contributed by atoms with van der Waals surface area (Å²) in [7, 11) is 0. The Morgan fingerprint density at radius 1 is 0.615 bits per heavy atom. The Morgan fingerprint density at radius 2 is 1.00 bits per heavy atom. The smallest absolute Gasteiger partial charge is 0.0961 e. The first-order valence-corrected chi connectivity index (χ1v) is 5.44. The van der Waals surface area contributed by atoms with Crippen LogP contribution in [0.2, 0.25) is 0 Å². The first-order valence-electron chi connectivity index (χ1n) is 5.44. The normalized spacial score (nSPS) is 25.8. The van der Waals surface area contributed by atoms with E-state index in [1.807, 2.05) is 0 Å². The highest BCUT2D eigenvalue weighted by atomic mass is 17.5. The van der Waals surface area contributed by atoms with Crippen LogP contribution in [-0.2, 0) is 14.8 Å². The Kier molecular flexibility index (Phi) is 3.58. The van der Waals surface area contributed by atoms with E-state index in [1.54, 1.807) is 0 Å². The maximum Gasteiger partial charge on any atom is 0.0961 e. The van der Waals surface area contributed by atoms with Crippen molar-refractivity contribution in [3.05, 3.63) is 0 Å². The van der Waals surface area contributed by atoms with Gasteiger partial charge in [-0.2, -0.15) is 0 Å². The molecule has 2 aliphatic carbocycles. The number of rotatable bonds is 4. The molecule has 0 heterocycles. The van der Waals surface area contributed by atoms with E-state index < -0.39 is 0 Å². The van der Waals surface area contributed by atoms with E-state index in [4.69, 9.17) is 14.8 Å². The summed E-state index contributed by atoms with van der Waals surface area (Å²) in [6.45, 7) is 0. The highest BCUT2D eigenvalue weighted by molar-refractivity contribution is 4.65. The van der Waals surface area contributed by atoms with Crippen LogP contribution in [0.5, 0.6) is 0 Å². The summed E-state index contributed by atoms with van der Waals surface area (Å²) in [4.78, 5) is 10.3. The van der Waals surface area contributed by atoms with Gasteiger partial charge in [0.1, 0.15) is 0 Å². The van der Waals surface area contributed by atoms with Crippen LogP contribution < -0.4 is 0 Å². The van der Waals surface area contributed by atoms with Crippen molar-refractivity contribution >= 4 is 0 Å². The van der Waals surface area contributed by atoms with Crippen LogP contribution in [0.3, 0.4) is 0 Å². The molecule has 0 N–H and O–H groups in total. The van der Waals surface area contributed by atoms with Gasteiger partial charge in [0.25, 0.3) is 0 Å². The fourth-order valence-corrected chi connectivity index (χ4v) is 2.10. The van der Waals surface area contributed by atoms with E-state index in [2.05, 4.69) is 0 Å². The molecular formula is C10H18O3. The van der Waals surface area contributed by atoms with Gasteiger partial charge in [-0.05, 0) is 25.7 Å². The molecule has 76 valence electrons. The van der Waals surface area contributed by atoms with Gasteiger partial charge in [-0.25, -0.2) is 9.78 Å². The second-order valence-corrected chi connectivity index (χ2v) is 4.07. The van der Waals surface area contributed by atoms with Crippen molar-refractivity contribution in [2.24, 2.45) is 0 Å². The van der Waals surface area contributed by atoms with Gasteiger partial charge in [0.2, 0.25) is 0 Å². The largest absolute Gasteiger partial charge is 0.203 e. The Labute approximate surface area is 79.2 Å². The van der Waals surface area contributed by atoms with E-state index in [-0.39, 0.29) is 12.2 Å². The van der Waals surface area contributed by atoms with Gasteiger partial charge in [0.15, 0.2) is 0 Å². The van der Waals surface area contributed by atoms with Gasteiger partial charge in [-0.3, -0.25) is 0 Å². The molecule has 2 saturated carbocycles. The third-order valence-corrected chi connectivity index (χ3v) is 2.96. The van der Waals surface area contributed by atoms with E-state index in [0.717, 1.165) is 25.7 Å². The molecule has 0 amide bonds. The lowest BCUT2D eigenvalue weighted by Crippen LogP contribution is -2.13. The SMILES string of the molecule is C1CCC(OOOC2CCCC2)C1. The van der Waals surface area contributed by atoms with Gasteiger partial charge < -0.3 is 0 Å². The first-order chi connectivity index (χ1) is 6.45. The zero-order valence-corrected chi connectivity index (χ0v) is 8.04. The topological polar surface area (TPSA) is 27.7 Å². The lowest BCUT2D eigenvalue weighted by atomic mass is 10.3. The number of hydrogen-bond acceptors (Lipinski definition) is 3. The van der Waals surface area contributed by atoms with E-state index >= 15 is 0 Å². The van der Waals surface area contributed by atoms with Crippen molar-refractivity contribution < 1.29 is 14.8 Å². The molecule has 0 bridgehead atoms. The zero-order chi connectivity index (χ0) is 8.93. The molecule has 0 aromatic carbocycles. The second kappa shape index (κ2) is 4.94. The molecule has 0 atom stereocenters. The summed E-state index contributed by atoms with van der Waals surface area (Å²) < 4.78 is 0. The maximum absolute atomic E-state index is 5.14. The lowest BCUT2D eigenvalue weighted by Gasteiger charge is -2.11. The Bertz CT molecular complexity index is 121. The molecule has 3 heteroatoms. The maximum atomic E-state index is 5.14. The summed E-state index contributed by atoms with van der Waals surface area (Å²) in [5.74, 6) is 0. The molecule has 2 rings (SSSR count). The highest BCUT2D eigenvalue weighted by Crippen LogP contribution is 2.24. The summed E-state index contributed by atoms with van der Waals surface area (Å²) in [5, 5.41) is 4.80. The van der Waals surface area contributed by atoms with Crippen LogP contribution in [0.1, 0.15) is 51.4 Å². The summed E-state index contributed by atoms with van der Waals surface area (Å²) in [6.07, 6.45) is 10.1. The predicted octanol–water partition coefficient (Wildman–Crippen LogP) is 2.75. The van der Waals surface area contributed by atoms with Crippen molar-refractivity contribution in [2.75, 3.05) is 0 Å². The molecule has 2 aliphatic rings. The van der Waals surface area contributed by atoms with Crippen molar-refractivity contribution in [1.29, 1.82) is 0 Å². The van der Waals surface area contributed by atoms with Gasteiger partial charge in [-0.15, -0.1) is 0 Å². The molecule has 0 saturated heterocycles. The van der Waals surface area contributed by atoms with E-state index in [0.29, 0.717) is 0 Å².